The average Bonchev–Trinajstić information content (AvgIpc) is 2.46. The number of fused-ring (bicyclic) bond motifs is 1. The van der Waals surface area contributed by atoms with E-state index < -0.39 is 10.0 Å². The lowest BCUT2D eigenvalue weighted by Crippen LogP contribution is -2.37. The second-order valence-electron chi connectivity index (χ2n) is 5.35. The van der Waals surface area contributed by atoms with Crippen LogP contribution in [0.3, 0.4) is 0 Å². The van der Waals surface area contributed by atoms with Gasteiger partial charge in [-0.15, -0.1) is 0 Å². The predicted octanol–water partition coefficient (Wildman–Crippen LogP) is 2.37. The Labute approximate surface area is 119 Å². The van der Waals surface area contributed by atoms with Gasteiger partial charge in [0.25, 0.3) is 0 Å². The van der Waals surface area contributed by atoms with E-state index in [1.807, 2.05) is 24.4 Å². The topological polar surface area (TPSA) is 50.3 Å². The molecule has 1 aliphatic heterocycles. The maximum absolute atomic E-state index is 11.6. The van der Waals surface area contributed by atoms with Gasteiger partial charge < -0.3 is 0 Å². The predicted molar refractivity (Wildman–Crippen MR) is 80.1 cm³/mol. The fraction of sp³-hybridized carbons (Fsp3) is 0.400. The third-order valence-electron chi connectivity index (χ3n) is 4.05. The molecule has 5 heteroatoms. The molecule has 2 heterocycles. The Morgan fingerprint density at radius 1 is 1.15 bits per heavy atom. The molecule has 0 radical (unpaired) electrons. The first-order valence-corrected chi connectivity index (χ1v) is 8.69. The Bertz CT molecular complexity index is 714. The van der Waals surface area contributed by atoms with E-state index in [9.17, 15) is 8.42 Å². The van der Waals surface area contributed by atoms with Crippen LogP contribution in [0, 0.1) is 0 Å². The van der Waals surface area contributed by atoms with Gasteiger partial charge in [0.05, 0.1) is 11.8 Å². The normalized spacial score (nSPS) is 18.4. The van der Waals surface area contributed by atoms with Crippen molar-refractivity contribution in [3.8, 4) is 0 Å². The Morgan fingerprint density at radius 3 is 2.55 bits per heavy atom. The Hall–Kier alpha value is -1.46. The number of aromatic nitrogens is 1. The van der Waals surface area contributed by atoms with E-state index in [1.54, 1.807) is 4.31 Å². The summed E-state index contributed by atoms with van der Waals surface area (Å²) in [5, 5.41) is 1.19. The molecule has 0 atom stereocenters. The van der Waals surface area contributed by atoms with Gasteiger partial charge in [-0.2, -0.15) is 0 Å². The minimum absolute atomic E-state index is 0.417. The van der Waals surface area contributed by atoms with Crippen molar-refractivity contribution in [1.29, 1.82) is 0 Å². The number of benzene rings is 1. The van der Waals surface area contributed by atoms with Crippen molar-refractivity contribution in [2.45, 2.75) is 18.8 Å². The minimum atomic E-state index is -3.05. The van der Waals surface area contributed by atoms with Crippen LogP contribution in [-0.2, 0) is 10.0 Å². The summed E-state index contributed by atoms with van der Waals surface area (Å²) >= 11 is 0. The number of hydrogen-bond acceptors (Lipinski definition) is 3. The molecule has 20 heavy (non-hydrogen) atoms. The molecule has 1 aromatic heterocycles. The Morgan fingerprint density at radius 2 is 1.85 bits per heavy atom. The van der Waals surface area contributed by atoms with Gasteiger partial charge in [-0.3, -0.25) is 4.98 Å². The quantitative estimate of drug-likeness (QED) is 0.853. The average molecular weight is 290 g/mol. The molecule has 0 N–H and O–H groups in total. The third-order valence-corrected chi connectivity index (χ3v) is 5.35. The fourth-order valence-electron chi connectivity index (χ4n) is 2.97. The van der Waals surface area contributed by atoms with Crippen molar-refractivity contribution >= 4 is 20.9 Å². The SMILES string of the molecule is CS(=O)(=O)N1CCC(c2ccnc3ccccc23)CC1. The van der Waals surface area contributed by atoms with Crippen molar-refractivity contribution in [2.75, 3.05) is 19.3 Å². The Balaban J connectivity index is 1.87. The molecule has 1 saturated heterocycles. The first-order chi connectivity index (χ1) is 9.55. The largest absolute Gasteiger partial charge is 0.256 e. The summed E-state index contributed by atoms with van der Waals surface area (Å²) in [7, 11) is -3.05. The molecule has 1 aromatic carbocycles. The fourth-order valence-corrected chi connectivity index (χ4v) is 3.85. The zero-order valence-electron chi connectivity index (χ0n) is 11.5. The Kier molecular flexibility index (Phi) is 3.48. The molecule has 106 valence electrons. The highest BCUT2D eigenvalue weighted by Crippen LogP contribution is 2.32. The van der Waals surface area contributed by atoms with Gasteiger partial charge in [0, 0.05) is 24.7 Å². The summed E-state index contributed by atoms with van der Waals surface area (Å²) < 4.78 is 24.7. The van der Waals surface area contributed by atoms with Crippen molar-refractivity contribution in [2.24, 2.45) is 0 Å². The first kappa shape index (κ1) is 13.5. The summed E-state index contributed by atoms with van der Waals surface area (Å²) in [6.07, 6.45) is 4.89. The zero-order valence-corrected chi connectivity index (χ0v) is 12.3. The number of nitrogens with zero attached hydrogens (tertiary/aromatic N) is 2. The van der Waals surface area contributed by atoms with Gasteiger partial charge in [0.1, 0.15) is 0 Å². The van der Waals surface area contributed by atoms with Crippen LogP contribution in [0.2, 0.25) is 0 Å². The maximum Gasteiger partial charge on any atom is 0.211 e. The number of hydrogen-bond donors (Lipinski definition) is 0. The highest BCUT2D eigenvalue weighted by Gasteiger charge is 2.26. The van der Waals surface area contributed by atoms with Crippen molar-refractivity contribution < 1.29 is 8.42 Å². The molecule has 0 aliphatic carbocycles. The lowest BCUT2D eigenvalue weighted by atomic mass is 9.88. The van der Waals surface area contributed by atoms with Crippen LogP contribution in [0.25, 0.3) is 10.9 Å². The first-order valence-electron chi connectivity index (χ1n) is 6.84. The molecule has 0 spiro atoms. The lowest BCUT2D eigenvalue weighted by Gasteiger charge is -2.30. The van der Waals surface area contributed by atoms with Gasteiger partial charge in [-0.1, -0.05) is 18.2 Å². The van der Waals surface area contributed by atoms with Gasteiger partial charge in [0.15, 0.2) is 0 Å². The van der Waals surface area contributed by atoms with E-state index in [-0.39, 0.29) is 0 Å². The van der Waals surface area contributed by atoms with Crippen molar-refractivity contribution in [3.05, 3.63) is 42.1 Å². The molecular weight excluding hydrogens is 272 g/mol. The highest BCUT2D eigenvalue weighted by molar-refractivity contribution is 7.88. The summed E-state index contributed by atoms with van der Waals surface area (Å²) in [4.78, 5) is 4.38. The van der Waals surface area contributed by atoms with E-state index in [0.29, 0.717) is 19.0 Å². The van der Waals surface area contributed by atoms with Crippen molar-refractivity contribution in [1.82, 2.24) is 9.29 Å². The third kappa shape index (κ3) is 2.55. The molecule has 0 amide bonds. The molecule has 0 bridgehead atoms. The van der Waals surface area contributed by atoms with E-state index in [4.69, 9.17) is 0 Å². The van der Waals surface area contributed by atoms with Crippen LogP contribution in [0.5, 0.6) is 0 Å². The second kappa shape index (κ2) is 5.14. The number of rotatable bonds is 2. The number of sulfonamides is 1. The number of para-hydroxylation sites is 1. The van der Waals surface area contributed by atoms with Gasteiger partial charge >= 0.3 is 0 Å². The van der Waals surface area contributed by atoms with Crippen LogP contribution in [-0.4, -0.2) is 37.1 Å². The van der Waals surface area contributed by atoms with Gasteiger partial charge in [-0.05, 0) is 36.5 Å². The zero-order chi connectivity index (χ0) is 14.2. The van der Waals surface area contributed by atoms with Crippen LogP contribution in [0.15, 0.2) is 36.5 Å². The van der Waals surface area contributed by atoms with Crippen LogP contribution >= 0.6 is 0 Å². The number of pyridine rings is 1. The summed E-state index contributed by atoms with van der Waals surface area (Å²) in [5.41, 5.74) is 2.30. The summed E-state index contributed by atoms with van der Waals surface area (Å²) in [5.74, 6) is 0.417. The molecule has 2 aromatic rings. The number of piperidine rings is 1. The molecule has 3 rings (SSSR count). The van der Waals surface area contributed by atoms with Gasteiger partial charge in [0.2, 0.25) is 10.0 Å². The maximum atomic E-state index is 11.6. The molecule has 1 fully saturated rings. The van der Waals surface area contributed by atoms with Crippen molar-refractivity contribution in [3.63, 3.8) is 0 Å². The van der Waals surface area contributed by atoms with E-state index in [1.165, 1.54) is 17.2 Å². The molecule has 0 unspecified atom stereocenters. The van der Waals surface area contributed by atoms with Crippen LogP contribution < -0.4 is 0 Å². The summed E-state index contributed by atoms with van der Waals surface area (Å²) in [6, 6.07) is 10.2. The monoisotopic (exact) mass is 290 g/mol. The second-order valence-corrected chi connectivity index (χ2v) is 7.34. The van der Waals surface area contributed by atoms with Gasteiger partial charge in [-0.25, -0.2) is 12.7 Å². The lowest BCUT2D eigenvalue weighted by molar-refractivity contribution is 0.322. The standard InChI is InChI=1S/C15H18N2O2S/c1-20(18,19)17-10-7-12(8-11-17)13-6-9-16-15-5-3-2-4-14(13)15/h2-6,9,12H,7-8,10-11H2,1H3. The van der Waals surface area contributed by atoms with Crippen LogP contribution in [0.4, 0.5) is 0 Å². The highest BCUT2D eigenvalue weighted by atomic mass is 32.2. The summed E-state index contributed by atoms with van der Waals surface area (Å²) in [6.45, 7) is 1.22. The van der Waals surface area contributed by atoms with E-state index in [0.717, 1.165) is 18.4 Å². The smallest absolute Gasteiger partial charge is 0.211 e. The molecule has 0 saturated carbocycles. The van der Waals surface area contributed by atoms with E-state index >= 15 is 0 Å². The van der Waals surface area contributed by atoms with Crippen LogP contribution in [0.1, 0.15) is 24.3 Å². The molecule has 4 nitrogen and oxygen atoms in total. The minimum Gasteiger partial charge on any atom is -0.256 e. The van der Waals surface area contributed by atoms with E-state index in [2.05, 4.69) is 17.1 Å². The molecule has 1 aliphatic rings. The molecular formula is C15H18N2O2S.